The first kappa shape index (κ1) is 19.5. The summed E-state index contributed by atoms with van der Waals surface area (Å²) in [7, 11) is 6.60. The molecule has 0 fully saturated rings. The van der Waals surface area contributed by atoms with Gasteiger partial charge in [-0.3, -0.25) is 0 Å². The summed E-state index contributed by atoms with van der Waals surface area (Å²) in [6.45, 7) is 1.12. The molecular formula is C14H20FeIN. The molecule has 0 saturated heterocycles. The first-order valence-electron chi connectivity index (χ1n) is 5.26. The molecule has 17 heavy (non-hydrogen) atoms. The second kappa shape index (κ2) is 10.1. The van der Waals surface area contributed by atoms with E-state index >= 15 is 0 Å². The zero-order chi connectivity index (χ0) is 11.1. The van der Waals surface area contributed by atoms with Gasteiger partial charge in [0.1, 0.15) is 6.54 Å². The van der Waals surface area contributed by atoms with Crippen LogP contribution in [0.15, 0.2) is 48.1 Å². The number of likely N-dealkylation sites (N-methyl/N-ethyl adjacent to an activating group) is 1. The Morgan fingerprint density at radius 2 is 1.47 bits per heavy atom. The number of halogens is 1. The summed E-state index contributed by atoms with van der Waals surface area (Å²) in [5, 5.41) is 0. The molecule has 0 aromatic rings. The van der Waals surface area contributed by atoms with Crippen LogP contribution in [0, 0.1) is 12.8 Å². The van der Waals surface area contributed by atoms with Gasteiger partial charge in [0.25, 0.3) is 0 Å². The Morgan fingerprint density at radius 3 is 1.76 bits per heavy atom. The van der Waals surface area contributed by atoms with Gasteiger partial charge in [-0.15, -0.1) is 0 Å². The van der Waals surface area contributed by atoms with E-state index in [1.54, 1.807) is 0 Å². The molecule has 0 unspecified atom stereocenters. The van der Waals surface area contributed by atoms with E-state index in [9.17, 15) is 0 Å². The number of hydrogen-bond donors (Lipinski definition) is 0. The molecule has 3 heteroatoms. The Morgan fingerprint density at radius 1 is 0.882 bits per heavy atom. The minimum Gasteiger partial charge on any atom is -1.00 e. The molecule has 0 atom stereocenters. The fraction of sp³-hybridized carbons (Fsp3) is 0.286. The van der Waals surface area contributed by atoms with Crippen LogP contribution >= 0.6 is 0 Å². The van der Waals surface area contributed by atoms with Crippen molar-refractivity contribution in [3.63, 3.8) is 0 Å². The van der Waals surface area contributed by atoms with Crippen LogP contribution in [0.2, 0.25) is 0 Å². The Hall–Kier alpha value is 0.169. The summed E-state index contributed by atoms with van der Waals surface area (Å²) in [5.74, 6) is 0. The standard InChI is InChI=1S/C9H15N.C5H5.Fe.HI/c1-10(2,3)8-9-6-4-5-7-9;1-2-4-5-3-1;;/h4-7H,8H2,1-3H3;1-5H;;1H/q+1;;;/p-1. The normalized spacial score (nSPS) is 15.6. The fourth-order valence-electron chi connectivity index (χ4n) is 1.39. The maximum atomic E-state index is 2.20. The van der Waals surface area contributed by atoms with E-state index in [-0.39, 0.29) is 41.0 Å². The van der Waals surface area contributed by atoms with Crippen molar-refractivity contribution < 1.29 is 45.5 Å². The number of nitrogens with zero attached hydrogens (tertiary/aromatic N) is 1. The topological polar surface area (TPSA) is 0 Å². The molecule has 2 aliphatic rings. The summed E-state index contributed by atoms with van der Waals surface area (Å²) in [6.07, 6.45) is 18.5. The minimum atomic E-state index is 0. The van der Waals surface area contributed by atoms with Gasteiger partial charge in [-0.2, -0.15) is 0 Å². The summed E-state index contributed by atoms with van der Waals surface area (Å²) in [6, 6.07) is 0. The maximum Gasteiger partial charge on any atom is 0.101 e. The van der Waals surface area contributed by atoms with E-state index in [1.165, 1.54) is 5.57 Å². The Balaban J connectivity index is 0. The van der Waals surface area contributed by atoms with E-state index in [0.29, 0.717) is 0 Å². The van der Waals surface area contributed by atoms with Crippen LogP contribution in [0.4, 0.5) is 0 Å². The van der Waals surface area contributed by atoms with Crippen molar-refractivity contribution in [2.45, 2.75) is 0 Å². The number of hydrogen-bond acceptors (Lipinski definition) is 0. The predicted octanol–water partition coefficient (Wildman–Crippen LogP) is -0.289. The molecule has 0 bridgehead atoms. The van der Waals surface area contributed by atoms with Gasteiger partial charge >= 0.3 is 0 Å². The average Bonchev–Trinajstić information content (AvgIpc) is 2.71. The average molecular weight is 385 g/mol. The third-order valence-electron chi connectivity index (χ3n) is 1.94. The number of quaternary nitrogens is 1. The minimum absolute atomic E-state index is 0. The Kier molecular flexibility index (Phi) is 11.6. The van der Waals surface area contributed by atoms with Crippen molar-refractivity contribution in [3.05, 3.63) is 60.9 Å². The molecule has 1 nitrogen and oxygen atoms in total. The molecule has 0 amide bonds. The van der Waals surface area contributed by atoms with E-state index < -0.39 is 0 Å². The van der Waals surface area contributed by atoms with Gasteiger partial charge < -0.3 is 28.5 Å². The molecule has 0 spiro atoms. The summed E-state index contributed by atoms with van der Waals surface area (Å²) >= 11 is 0. The maximum absolute atomic E-state index is 2.20. The zero-order valence-corrected chi connectivity index (χ0v) is 13.8. The van der Waals surface area contributed by atoms with Gasteiger partial charge in [-0.05, 0) is 5.57 Å². The van der Waals surface area contributed by atoms with Gasteiger partial charge in [0.15, 0.2) is 0 Å². The molecule has 0 N–H and O–H groups in total. The summed E-state index contributed by atoms with van der Waals surface area (Å²) in [5.41, 5.74) is 1.42. The molecule has 0 aromatic carbocycles. The first-order valence-corrected chi connectivity index (χ1v) is 5.26. The monoisotopic (exact) mass is 385 g/mol. The number of rotatable bonds is 2. The van der Waals surface area contributed by atoms with Gasteiger partial charge in [0.2, 0.25) is 0 Å². The molecule has 0 aromatic heterocycles. The quantitative estimate of drug-likeness (QED) is 0.349. The molecule has 2 aliphatic carbocycles. The van der Waals surface area contributed by atoms with E-state index in [0.717, 1.165) is 11.0 Å². The van der Waals surface area contributed by atoms with Gasteiger partial charge in [-0.1, -0.05) is 42.5 Å². The Bertz CT molecular complexity index is 299. The van der Waals surface area contributed by atoms with Gasteiger partial charge in [0.05, 0.1) is 21.1 Å². The first-order chi connectivity index (χ1) is 7.08. The zero-order valence-electron chi connectivity index (χ0n) is 10.6. The largest absolute Gasteiger partial charge is 1.00 e. The molecule has 0 heterocycles. The molecule has 2 radical (unpaired) electrons. The third-order valence-corrected chi connectivity index (χ3v) is 1.94. The summed E-state index contributed by atoms with van der Waals surface area (Å²) < 4.78 is 1.00. The smallest absolute Gasteiger partial charge is 0.101 e. The van der Waals surface area contributed by atoms with Crippen LogP contribution in [0.5, 0.6) is 0 Å². The second-order valence-corrected chi connectivity index (χ2v) is 4.70. The van der Waals surface area contributed by atoms with Crippen LogP contribution in [-0.4, -0.2) is 32.2 Å². The van der Waals surface area contributed by atoms with Crippen LogP contribution in [0.25, 0.3) is 0 Å². The molecule has 2 rings (SSSR count). The third kappa shape index (κ3) is 11.0. The van der Waals surface area contributed by atoms with Crippen molar-refractivity contribution in [1.29, 1.82) is 0 Å². The van der Waals surface area contributed by atoms with E-state index in [4.69, 9.17) is 0 Å². The van der Waals surface area contributed by atoms with Crippen molar-refractivity contribution >= 4 is 0 Å². The van der Waals surface area contributed by atoms with Crippen molar-refractivity contribution in [2.24, 2.45) is 0 Å². The van der Waals surface area contributed by atoms with E-state index in [1.807, 2.05) is 30.7 Å². The van der Waals surface area contributed by atoms with Crippen molar-refractivity contribution in [2.75, 3.05) is 27.7 Å². The van der Waals surface area contributed by atoms with Crippen LogP contribution in [-0.2, 0) is 17.1 Å². The van der Waals surface area contributed by atoms with E-state index in [2.05, 4.69) is 45.8 Å². The van der Waals surface area contributed by atoms with Gasteiger partial charge in [-0.25, -0.2) is 0 Å². The molecule has 96 valence electrons. The predicted molar refractivity (Wildman–Crippen MR) is 67.0 cm³/mol. The van der Waals surface area contributed by atoms with Crippen LogP contribution < -0.4 is 24.0 Å². The second-order valence-electron chi connectivity index (χ2n) is 4.70. The van der Waals surface area contributed by atoms with Crippen LogP contribution in [0.3, 0.4) is 0 Å². The Labute approximate surface area is 133 Å². The number of allylic oxidation sites excluding steroid dienone is 7. The van der Waals surface area contributed by atoms with Crippen molar-refractivity contribution in [3.8, 4) is 0 Å². The van der Waals surface area contributed by atoms with Gasteiger partial charge in [0, 0.05) is 29.9 Å². The fourth-order valence-corrected chi connectivity index (χ4v) is 1.39. The molecule has 0 saturated carbocycles. The molecular weight excluding hydrogens is 365 g/mol. The summed E-state index contributed by atoms with van der Waals surface area (Å²) in [4.78, 5) is 0. The molecule has 0 aliphatic heterocycles. The van der Waals surface area contributed by atoms with Crippen LogP contribution in [0.1, 0.15) is 0 Å². The van der Waals surface area contributed by atoms with Crippen molar-refractivity contribution in [1.82, 2.24) is 0 Å². The SMILES string of the molecule is C[N+](C)(C)CC1=CC=C[CH]1.[CH]1C=CC=C1.[Fe].[I-].